The fourth-order valence-electron chi connectivity index (χ4n) is 2.03. The van der Waals surface area contributed by atoms with Gasteiger partial charge in [-0.2, -0.15) is 0 Å². The van der Waals surface area contributed by atoms with Crippen molar-refractivity contribution in [3.05, 3.63) is 34.2 Å². The maximum atomic E-state index is 12.0. The average Bonchev–Trinajstić information content (AvgIpc) is 2.52. The van der Waals surface area contributed by atoms with Crippen LogP contribution in [0, 0.1) is 0 Å². The van der Waals surface area contributed by atoms with Crippen LogP contribution in [0.25, 0.3) is 11.0 Å². The summed E-state index contributed by atoms with van der Waals surface area (Å²) in [5.41, 5.74) is -1.02. The molecule has 7 heteroatoms. The molecule has 0 saturated heterocycles. The van der Waals surface area contributed by atoms with E-state index in [-0.39, 0.29) is 23.5 Å². The summed E-state index contributed by atoms with van der Waals surface area (Å²) in [6.07, 6.45) is -1.70. The highest BCUT2D eigenvalue weighted by Gasteiger charge is 2.23. The van der Waals surface area contributed by atoms with Gasteiger partial charge in [0.15, 0.2) is 11.3 Å². The number of hydrogen-bond donors (Lipinski definition) is 1. The Morgan fingerprint density at radius 1 is 1.32 bits per heavy atom. The Hall–Kier alpha value is -2.38. The highest BCUT2D eigenvalue weighted by atomic mass is 16.6. The third-order valence-electron chi connectivity index (χ3n) is 3.06. The highest BCUT2D eigenvalue weighted by Crippen LogP contribution is 2.34. The second kappa shape index (κ2) is 6.59. The van der Waals surface area contributed by atoms with Crippen molar-refractivity contribution in [1.29, 1.82) is 0 Å². The Morgan fingerprint density at radius 3 is 2.64 bits per heavy atom. The highest BCUT2D eigenvalue weighted by molar-refractivity contribution is 6.01. The molecular formula is C15H16O7. The molecule has 0 aliphatic rings. The van der Waals surface area contributed by atoms with Crippen LogP contribution in [-0.4, -0.2) is 38.0 Å². The van der Waals surface area contributed by atoms with Crippen LogP contribution in [0.2, 0.25) is 0 Å². The minimum atomic E-state index is -1.70. The van der Waals surface area contributed by atoms with Crippen molar-refractivity contribution in [2.24, 2.45) is 0 Å². The minimum absolute atomic E-state index is 0.136. The normalized spacial score (nSPS) is 12.2. The first kappa shape index (κ1) is 16.0. The van der Waals surface area contributed by atoms with E-state index in [1.54, 1.807) is 19.1 Å². The Morgan fingerprint density at radius 2 is 2.05 bits per heavy atom. The third-order valence-corrected chi connectivity index (χ3v) is 3.06. The van der Waals surface area contributed by atoms with Crippen LogP contribution in [-0.2, 0) is 4.74 Å². The lowest BCUT2D eigenvalue weighted by molar-refractivity contribution is -0.0676. The standard InChI is InChI=1S/C15H16O7/c1-4-21-15(18)11(16)9-7-8-5-6-10(19-2)13(20-3)12(8)22-14(9)17/h5-7,15,18H,4H2,1-3H3. The molecule has 0 amide bonds. The van der Waals surface area contributed by atoms with Crippen molar-refractivity contribution < 1.29 is 28.5 Å². The molecule has 0 radical (unpaired) electrons. The summed E-state index contributed by atoms with van der Waals surface area (Å²) in [6.45, 7) is 1.76. The molecule has 0 fully saturated rings. The maximum Gasteiger partial charge on any atom is 0.347 e. The molecule has 2 rings (SSSR count). The number of fused-ring (bicyclic) bond motifs is 1. The van der Waals surface area contributed by atoms with E-state index in [4.69, 9.17) is 18.6 Å². The average molecular weight is 308 g/mol. The number of Topliss-reactive ketones (excluding diaryl/α,β-unsaturated/α-hetero) is 1. The smallest absolute Gasteiger partial charge is 0.347 e. The molecule has 0 aliphatic heterocycles. The van der Waals surface area contributed by atoms with Crippen LogP contribution in [0.5, 0.6) is 11.5 Å². The fourth-order valence-corrected chi connectivity index (χ4v) is 2.03. The van der Waals surface area contributed by atoms with Crippen LogP contribution >= 0.6 is 0 Å². The second-order valence-corrected chi connectivity index (χ2v) is 4.34. The lowest BCUT2D eigenvalue weighted by atomic mass is 10.1. The Kier molecular flexibility index (Phi) is 4.79. The van der Waals surface area contributed by atoms with Crippen LogP contribution in [0.3, 0.4) is 0 Å². The van der Waals surface area contributed by atoms with E-state index in [1.807, 2.05) is 0 Å². The first-order valence-corrected chi connectivity index (χ1v) is 6.56. The van der Waals surface area contributed by atoms with E-state index >= 15 is 0 Å². The number of carbonyl (C=O) groups is 1. The SMILES string of the molecule is CCOC(O)C(=O)c1cc2ccc(OC)c(OC)c2oc1=O. The third kappa shape index (κ3) is 2.81. The summed E-state index contributed by atoms with van der Waals surface area (Å²) in [7, 11) is 2.87. The van der Waals surface area contributed by atoms with Gasteiger partial charge in [-0.25, -0.2) is 4.79 Å². The number of ether oxygens (including phenoxy) is 3. The fraction of sp³-hybridized carbons (Fsp3) is 0.333. The van der Waals surface area contributed by atoms with Crippen LogP contribution in [0.4, 0.5) is 0 Å². The van der Waals surface area contributed by atoms with Gasteiger partial charge in [-0.3, -0.25) is 4.79 Å². The molecule has 2 aromatic rings. The Balaban J connectivity index is 2.60. The zero-order chi connectivity index (χ0) is 16.3. The second-order valence-electron chi connectivity index (χ2n) is 4.34. The largest absolute Gasteiger partial charge is 0.493 e. The van der Waals surface area contributed by atoms with Crippen LogP contribution in [0.1, 0.15) is 17.3 Å². The topological polar surface area (TPSA) is 95.2 Å². The maximum absolute atomic E-state index is 12.0. The summed E-state index contributed by atoms with van der Waals surface area (Å²) in [5, 5.41) is 10.0. The van der Waals surface area contributed by atoms with Crippen LogP contribution in [0.15, 0.2) is 27.4 Å². The van der Waals surface area contributed by atoms with Gasteiger partial charge in [0, 0.05) is 12.0 Å². The van der Waals surface area contributed by atoms with Gasteiger partial charge < -0.3 is 23.7 Å². The van der Waals surface area contributed by atoms with Gasteiger partial charge in [0.1, 0.15) is 5.56 Å². The molecule has 118 valence electrons. The van der Waals surface area contributed by atoms with E-state index in [1.165, 1.54) is 20.3 Å². The van der Waals surface area contributed by atoms with Gasteiger partial charge in [-0.05, 0) is 25.1 Å². The molecule has 0 bridgehead atoms. The molecule has 0 spiro atoms. The van der Waals surface area contributed by atoms with Crippen LogP contribution < -0.4 is 15.1 Å². The summed E-state index contributed by atoms with van der Waals surface area (Å²) < 4.78 is 20.2. The first-order chi connectivity index (χ1) is 10.5. The first-order valence-electron chi connectivity index (χ1n) is 6.56. The molecule has 0 aliphatic carbocycles. The predicted octanol–water partition coefficient (Wildman–Crippen LogP) is 1.35. The summed E-state index contributed by atoms with van der Waals surface area (Å²) in [6, 6.07) is 4.56. The molecule has 1 aromatic carbocycles. The molecule has 1 N–H and O–H groups in total. The number of benzene rings is 1. The van der Waals surface area contributed by atoms with E-state index in [0.717, 1.165) is 0 Å². The molecule has 0 saturated carbocycles. The van der Waals surface area contributed by atoms with Gasteiger partial charge >= 0.3 is 5.63 Å². The van der Waals surface area contributed by atoms with Gasteiger partial charge in [-0.1, -0.05) is 0 Å². The number of hydrogen-bond acceptors (Lipinski definition) is 7. The summed E-state index contributed by atoms with van der Waals surface area (Å²) in [5.74, 6) is -0.208. The summed E-state index contributed by atoms with van der Waals surface area (Å²) in [4.78, 5) is 24.0. The monoisotopic (exact) mass is 308 g/mol. The summed E-state index contributed by atoms with van der Waals surface area (Å²) >= 11 is 0. The number of methoxy groups -OCH3 is 2. The van der Waals surface area contributed by atoms with Gasteiger partial charge in [0.05, 0.1) is 14.2 Å². The predicted molar refractivity (Wildman–Crippen MR) is 77.6 cm³/mol. The zero-order valence-electron chi connectivity index (χ0n) is 12.4. The quantitative estimate of drug-likeness (QED) is 0.489. The number of rotatable bonds is 6. The van der Waals surface area contributed by atoms with Crippen molar-refractivity contribution in [3.8, 4) is 11.5 Å². The molecule has 1 atom stereocenters. The molecule has 22 heavy (non-hydrogen) atoms. The number of aliphatic hydroxyl groups excluding tert-OH is 1. The zero-order valence-corrected chi connectivity index (χ0v) is 12.4. The van der Waals surface area contributed by atoms with E-state index in [9.17, 15) is 14.7 Å². The number of ketones is 1. The number of aliphatic hydroxyl groups is 1. The van der Waals surface area contributed by atoms with Crippen molar-refractivity contribution in [2.75, 3.05) is 20.8 Å². The minimum Gasteiger partial charge on any atom is -0.493 e. The van der Waals surface area contributed by atoms with E-state index in [2.05, 4.69) is 0 Å². The molecule has 1 unspecified atom stereocenters. The van der Waals surface area contributed by atoms with Crippen molar-refractivity contribution in [2.45, 2.75) is 13.2 Å². The van der Waals surface area contributed by atoms with Crippen molar-refractivity contribution in [3.63, 3.8) is 0 Å². The Labute approximate surface area is 126 Å². The molecule has 7 nitrogen and oxygen atoms in total. The molecule has 1 heterocycles. The van der Waals surface area contributed by atoms with Gasteiger partial charge in [0.2, 0.25) is 17.8 Å². The van der Waals surface area contributed by atoms with E-state index < -0.39 is 17.7 Å². The van der Waals surface area contributed by atoms with Gasteiger partial charge in [0.25, 0.3) is 0 Å². The Bertz CT molecular complexity index is 747. The molecule has 1 aromatic heterocycles. The van der Waals surface area contributed by atoms with Crippen molar-refractivity contribution >= 4 is 16.8 Å². The lowest BCUT2D eigenvalue weighted by Gasteiger charge is -2.11. The molecular weight excluding hydrogens is 292 g/mol. The van der Waals surface area contributed by atoms with Gasteiger partial charge in [-0.15, -0.1) is 0 Å². The lowest BCUT2D eigenvalue weighted by Crippen LogP contribution is -2.28. The van der Waals surface area contributed by atoms with E-state index in [0.29, 0.717) is 11.1 Å². The van der Waals surface area contributed by atoms with Crippen molar-refractivity contribution in [1.82, 2.24) is 0 Å². The number of carbonyl (C=O) groups excluding carboxylic acids is 1.